The fraction of sp³-hybridized carbons (Fsp3) is 0.471. The van der Waals surface area contributed by atoms with E-state index >= 15 is 0 Å². The van der Waals surface area contributed by atoms with Gasteiger partial charge in [0.05, 0.1) is 6.61 Å². The summed E-state index contributed by atoms with van der Waals surface area (Å²) in [6.07, 6.45) is 1.34. The van der Waals surface area contributed by atoms with Crippen molar-refractivity contribution < 1.29 is 23.9 Å². The molecule has 0 aliphatic carbocycles. The molecule has 0 aliphatic heterocycles. The molecule has 0 saturated carbocycles. The average Bonchev–Trinajstić information content (AvgIpc) is 2.58. The van der Waals surface area contributed by atoms with E-state index in [1.807, 2.05) is 38.1 Å². The highest BCUT2D eigenvalue weighted by atomic mass is 79.9. The molecule has 0 aliphatic rings. The zero-order chi connectivity index (χ0) is 18.7. The summed E-state index contributed by atoms with van der Waals surface area (Å²) in [5.41, 5.74) is 0. The van der Waals surface area contributed by atoms with Crippen molar-refractivity contribution >= 4 is 33.8 Å². The molecule has 7 nitrogen and oxygen atoms in total. The maximum atomic E-state index is 11.5. The molecule has 25 heavy (non-hydrogen) atoms. The van der Waals surface area contributed by atoms with Crippen molar-refractivity contribution in [3.63, 3.8) is 0 Å². The number of carbonyl (C=O) groups excluding carboxylic acids is 3. The summed E-state index contributed by atoms with van der Waals surface area (Å²) < 4.78 is 11.2. The molecule has 0 fully saturated rings. The van der Waals surface area contributed by atoms with Crippen LogP contribution in [0.15, 0.2) is 28.7 Å². The van der Waals surface area contributed by atoms with Gasteiger partial charge < -0.3 is 14.8 Å². The van der Waals surface area contributed by atoms with Gasteiger partial charge in [0.15, 0.2) is 6.61 Å². The monoisotopic (exact) mass is 414 g/mol. The van der Waals surface area contributed by atoms with Gasteiger partial charge in [0.2, 0.25) is 0 Å². The molecule has 1 rings (SSSR count). The summed E-state index contributed by atoms with van der Waals surface area (Å²) >= 11 is 3.33. The van der Waals surface area contributed by atoms with Crippen LogP contribution in [0.3, 0.4) is 0 Å². The predicted molar refractivity (Wildman–Crippen MR) is 96.3 cm³/mol. The molecule has 138 valence electrons. The first kappa shape index (κ1) is 21.0. The van der Waals surface area contributed by atoms with Crippen LogP contribution >= 0.6 is 15.9 Å². The van der Waals surface area contributed by atoms with E-state index in [0.717, 1.165) is 10.9 Å². The van der Waals surface area contributed by atoms with Crippen molar-refractivity contribution in [2.45, 2.75) is 39.2 Å². The van der Waals surface area contributed by atoms with Gasteiger partial charge in [0.1, 0.15) is 5.75 Å². The quantitative estimate of drug-likeness (QED) is 0.478. The topological polar surface area (TPSA) is 93.7 Å². The highest BCUT2D eigenvalue weighted by Gasteiger charge is 2.12. The van der Waals surface area contributed by atoms with E-state index < -0.39 is 24.5 Å². The van der Waals surface area contributed by atoms with Crippen molar-refractivity contribution in [2.24, 2.45) is 0 Å². The molecule has 0 saturated heterocycles. The second kappa shape index (κ2) is 11.5. The first-order valence-corrected chi connectivity index (χ1v) is 8.84. The first-order valence-electron chi connectivity index (χ1n) is 8.05. The Morgan fingerprint density at radius 2 is 1.88 bits per heavy atom. The lowest BCUT2D eigenvalue weighted by Crippen LogP contribution is -2.44. The third-order valence-electron chi connectivity index (χ3n) is 3.21. The van der Waals surface area contributed by atoms with Crippen molar-refractivity contribution in [3.8, 4) is 5.75 Å². The SMILES string of the molecule is CC[C@H](C)NC(=O)NC(=O)COC(=O)CCCOc1ccc(Br)cc1. The van der Waals surface area contributed by atoms with Gasteiger partial charge in [0.25, 0.3) is 5.91 Å². The minimum Gasteiger partial charge on any atom is -0.494 e. The lowest BCUT2D eigenvalue weighted by atomic mass is 10.3. The van der Waals surface area contributed by atoms with E-state index in [1.165, 1.54) is 0 Å². The van der Waals surface area contributed by atoms with E-state index in [2.05, 4.69) is 26.6 Å². The molecule has 1 aromatic carbocycles. The standard InChI is InChI=1S/C17H23BrN2O5/c1-3-12(2)19-17(23)20-15(21)11-25-16(22)5-4-10-24-14-8-6-13(18)7-9-14/h6-9,12H,3-5,10-11H2,1-2H3,(H2,19,20,21,23)/t12-/m0/s1. The van der Waals surface area contributed by atoms with Gasteiger partial charge in [-0.15, -0.1) is 0 Å². The lowest BCUT2D eigenvalue weighted by Gasteiger charge is -2.11. The molecule has 3 amide bonds. The number of urea groups is 1. The first-order chi connectivity index (χ1) is 11.9. The number of nitrogens with one attached hydrogen (secondary N) is 2. The third-order valence-corrected chi connectivity index (χ3v) is 3.74. The van der Waals surface area contributed by atoms with Crippen LogP contribution in [-0.4, -0.2) is 37.2 Å². The van der Waals surface area contributed by atoms with Crippen LogP contribution in [0, 0.1) is 0 Å². The molecule has 1 atom stereocenters. The molecule has 0 radical (unpaired) electrons. The maximum absolute atomic E-state index is 11.5. The number of ether oxygens (including phenoxy) is 2. The number of imide groups is 1. The van der Waals surface area contributed by atoms with Crippen LogP contribution in [0.25, 0.3) is 0 Å². The van der Waals surface area contributed by atoms with Crippen LogP contribution < -0.4 is 15.4 Å². The number of rotatable bonds is 9. The Kier molecular flexibility index (Phi) is 9.61. The Morgan fingerprint density at radius 1 is 1.20 bits per heavy atom. The molecule has 8 heteroatoms. The number of hydrogen-bond acceptors (Lipinski definition) is 5. The van der Waals surface area contributed by atoms with Gasteiger partial charge in [-0.1, -0.05) is 22.9 Å². The summed E-state index contributed by atoms with van der Waals surface area (Å²) in [5, 5.41) is 4.68. The van der Waals surface area contributed by atoms with Gasteiger partial charge in [0, 0.05) is 16.9 Å². The normalized spacial score (nSPS) is 11.3. The number of carbonyl (C=O) groups is 3. The summed E-state index contributed by atoms with van der Waals surface area (Å²) in [6, 6.07) is 6.72. The fourth-order valence-corrected chi connectivity index (χ4v) is 1.94. The largest absolute Gasteiger partial charge is 0.494 e. The van der Waals surface area contributed by atoms with Crippen molar-refractivity contribution in [1.29, 1.82) is 0 Å². The molecule has 0 spiro atoms. The zero-order valence-corrected chi connectivity index (χ0v) is 15.9. The maximum Gasteiger partial charge on any atom is 0.321 e. The Hall–Kier alpha value is -2.09. The van der Waals surface area contributed by atoms with E-state index in [9.17, 15) is 14.4 Å². The highest BCUT2D eigenvalue weighted by molar-refractivity contribution is 9.10. The molecule has 1 aromatic rings. The molecule has 0 unspecified atom stereocenters. The van der Waals surface area contributed by atoms with Crippen LogP contribution in [0.2, 0.25) is 0 Å². The van der Waals surface area contributed by atoms with E-state index in [-0.39, 0.29) is 12.5 Å². The Balaban J connectivity index is 2.12. The van der Waals surface area contributed by atoms with Crippen molar-refractivity contribution in [1.82, 2.24) is 10.6 Å². The van der Waals surface area contributed by atoms with Gasteiger partial charge in [-0.25, -0.2) is 4.79 Å². The number of halogens is 1. The Morgan fingerprint density at radius 3 is 2.52 bits per heavy atom. The minimum atomic E-state index is -0.666. The average molecular weight is 415 g/mol. The van der Waals surface area contributed by atoms with Crippen molar-refractivity contribution in [3.05, 3.63) is 28.7 Å². The van der Waals surface area contributed by atoms with Crippen LogP contribution in [0.5, 0.6) is 5.75 Å². The molecule has 2 N–H and O–H groups in total. The number of amides is 3. The summed E-state index contributed by atoms with van der Waals surface area (Å²) in [5.74, 6) is -0.472. The number of hydrogen-bond donors (Lipinski definition) is 2. The highest BCUT2D eigenvalue weighted by Crippen LogP contribution is 2.16. The molecule has 0 heterocycles. The van der Waals surface area contributed by atoms with Gasteiger partial charge in [-0.2, -0.15) is 0 Å². The van der Waals surface area contributed by atoms with Gasteiger partial charge in [-0.3, -0.25) is 14.9 Å². The Bertz CT molecular complexity index is 577. The minimum absolute atomic E-state index is 0.0407. The molecular formula is C17H23BrN2O5. The van der Waals surface area contributed by atoms with Crippen molar-refractivity contribution in [2.75, 3.05) is 13.2 Å². The number of esters is 1. The Labute approximate surface area is 155 Å². The predicted octanol–water partition coefficient (Wildman–Crippen LogP) is 2.78. The lowest BCUT2D eigenvalue weighted by molar-refractivity contribution is -0.148. The summed E-state index contributed by atoms with van der Waals surface area (Å²) in [6.45, 7) is 3.61. The molecule has 0 bridgehead atoms. The zero-order valence-electron chi connectivity index (χ0n) is 14.3. The van der Waals surface area contributed by atoms with E-state index in [1.54, 1.807) is 0 Å². The van der Waals surface area contributed by atoms with E-state index in [0.29, 0.717) is 18.8 Å². The third kappa shape index (κ3) is 9.71. The van der Waals surface area contributed by atoms with Gasteiger partial charge >= 0.3 is 12.0 Å². The van der Waals surface area contributed by atoms with Crippen LogP contribution in [-0.2, 0) is 14.3 Å². The second-order valence-corrected chi connectivity index (χ2v) is 6.31. The summed E-state index contributed by atoms with van der Waals surface area (Å²) in [4.78, 5) is 34.5. The smallest absolute Gasteiger partial charge is 0.321 e. The molecule has 0 aromatic heterocycles. The molecular weight excluding hydrogens is 392 g/mol. The summed E-state index contributed by atoms with van der Waals surface area (Å²) in [7, 11) is 0. The number of benzene rings is 1. The fourth-order valence-electron chi connectivity index (χ4n) is 1.68. The van der Waals surface area contributed by atoms with Gasteiger partial charge in [-0.05, 0) is 44.0 Å². The van der Waals surface area contributed by atoms with Crippen LogP contribution in [0.1, 0.15) is 33.1 Å². The van der Waals surface area contributed by atoms with Crippen LogP contribution in [0.4, 0.5) is 4.79 Å². The second-order valence-electron chi connectivity index (χ2n) is 5.40. The van der Waals surface area contributed by atoms with E-state index in [4.69, 9.17) is 9.47 Å².